The Hall–Kier alpha value is -0.0431. The number of nitrogens with zero attached hydrogens (tertiary/aromatic N) is 2. The Kier molecular flexibility index (Phi) is 7.42. The van der Waals surface area contributed by atoms with Crippen molar-refractivity contribution in [3.8, 4) is 0 Å². The van der Waals surface area contributed by atoms with Crippen molar-refractivity contribution < 1.29 is 9.90 Å². The molecule has 1 aliphatic heterocycles. The van der Waals surface area contributed by atoms with Gasteiger partial charge in [0.1, 0.15) is 8.24 Å². The number of carbonyl (C=O) groups is 1. The molecule has 0 spiro atoms. The maximum absolute atomic E-state index is 10.7. The third kappa shape index (κ3) is 7.34. The average molecular weight is 305 g/mol. The van der Waals surface area contributed by atoms with Crippen LogP contribution in [0.5, 0.6) is 0 Å². The lowest BCUT2D eigenvalue weighted by Gasteiger charge is -2.35. The molecular formula is C13H28N2O2SSi. The molecule has 0 aromatic rings. The van der Waals surface area contributed by atoms with E-state index < -0.39 is 14.2 Å². The fourth-order valence-electron chi connectivity index (χ4n) is 2.32. The van der Waals surface area contributed by atoms with Crippen LogP contribution in [0.25, 0.3) is 0 Å². The predicted octanol–water partition coefficient (Wildman–Crippen LogP) is 2.04. The number of thioether (sulfide) groups is 1. The molecule has 0 aliphatic carbocycles. The van der Waals surface area contributed by atoms with Gasteiger partial charge in [-0.3, -0.25) is 4.79 Å². The number of aliphatic carboxylic acids is 1. The van der Waals surface area contributed by atoms with Crippen molar-refractivity contribution in [1.82, 2.24) is 9.47 Å². The summed E-state index contributed by atoms with van der Waals surface area (Å²) < 4.78 is 2.43. The topological polar surface area (TPSA) is 43.8 Å². The summed E-state index contributed by atoms with van der Waals surface area (Å²) in [5.41, 5.74) is 0. The molecule has 0 amide bonds. The van der Waals surface area contributed by atoms with Gasteiger partial charge in [0.2, 0.25) is 0 Å². The highest BCUT2D eigenvalue weighted by atomic mass is 32.2. The first-order valence-corrected chi connectivity index (χ1v) is 11.8. The van der Waals surface area contributed by atoms with E-state index in [4.69, 9.17) is 5.11 Å². The standard InChI is InChI=1S/C13H28N2O2SSi/c1-19(2,3)15(8-5-13(16)17)7-4-6-14-9-11-18-12-10-14/h4-12H2,1-3H3,(H,16,17). The Morgan fingerprint density at radius 1 is 1.26 bits per heavy atom. The molecule has 0 atom stereocenters. The van der Waals surface area contributed by atoms with Crippen LogP contribution in [0.2, 0.25) is 19.6 Å². The minimum atomic E-state index is -1.39. The van der Waals surface area contributed by atoms with Gasteiger partial charge in [-0.05, 0) is 19.5 Å². The van der Waals surface area contributed by atoms with Crippen LogP contribution < -0.4 is 0 Å². The van der Waals surface area contributed by atoms with Crippen molar-refractivity contribution in [2.75, 3.05) is 44.2 Å². The lowest BCUT2D eigenvalue weighted by atomic mass is 10.3. The summed E-state index contributed by atoms with van der Waals surface area (Å²) >= 11 is 2.04. The third-order valence-electron chi connectivity index (χ3n) is 3.55. The van der Waals surface area contributed by atoms with Gasteiger partial charge in [0.15, 0.2) is 0 Å². The highest BCUT2D eigenvalue weighted by Crippen LogP contribution is 2.13. The molecule has 0 bridgehead atoms. The minimum absolute atomic E-state index is 0.268. The van der Waals surface area contributed by atoms with E-state index in [-0.39, 0.29) is 6.42 Å². The van der Waals surface area contributed by atoms with Crippen LogP contribution >= 0.6 is 11.8 Å². The van der Waals surface area contributed by atoms with E-state index in [0.717, 1.165) is 19.5 Å². The summed E-state index contributed by atoms with van der Waals surface area (Å²) in [6.45, 7) is 12.2. The molecule has 0 radical (unpaired) electrons. The summed E-state index contributed by atoms with van der Waals surface area (Å²) in [6, 6.07) is 0. The monoisotopic (exact) mass is 304 g/mol. The molecule has 1 fully saturated rings. The second-order valence-corrected chi connectivity index (χ2v) is 12.3. The highest BCUT2D eigenvalue weighted by molar-refractivity contribution is 7.99. The number of hydrogen-bond acceptors (Lipinski definition) is 4. The first-order chi connectivity index (χ1) is 8.89. The summed E-state index contributed by atoms with van der Waals surface area (Å²) in [7, 11) is -1.39. The average Bonchev–Trinajstić information content (AvgIpc) is 2.33. The molecule has 6 heteroatoms. The molecule has 0 aromatic heterocycles. The fourth-order valence-corrected chi connectivity index (χ4v) is 4.91. The Labute approximate surface area is 122 Å². The molecule has 1 saturated heterocycles. The van der Waals surface area contributed by atoms with Crippen LogP contribution in [-0.4, -0.2) is 73.0 Å². The predicted molar refractivity (Wildman–Crippen MR) is 85.6 cm³/mol. The highest BCUT2D eigenvalue weighted by Gasteiger charge is 2.24. The van der Waals surface area contributed by atoms with E-state index in [1.165, 1.54) is 24.6 Å². The van der Waals surface area contributed by atoms with Gasteiger partial charge in [0.05, 0.1) is 6.42 Å². The summed E-state index contributed by atoms with van der Waals surface area (Å²) in [5, 5.41) is 8.84. The lowest BCUT2D eigenvalue weighted by molar-refractivity contribution is -0.137. The SMILES string of the molecule is C[Si](C)(C)N(CCCN1CCSCC1)CCC(=O)O. The van der Waals surface area contributed by atoms with Crippen molar-refractivity contribution in [3.05, 3.63) is 0 Å². The number of carboxylic acids is 1. The Morgan fingerprint density at radius 2 is 1.89 bits per heavy atom. The van der Waals surface area contributed by atoms with Crippen molar-refractivity contribution in [2.45, 2.75) is 32.5 Å². The van der Waals surface area contributed by atoms with Crippen LogP contribution in [0.3, 0.4) is 0 Å². The lowest BCUT2D eigenvalue weighted by Crippen LogP contribution is -2.48. The zero-order chi connectivity index (χ0) is 14.3. The van der Waals surface area contributed by atoms with E-state index in [1.807, 2.05) is 11.8 Å². The van der Waals surface area contributed by atoms with E-state index in [2.05, 4.69) is 29.1 Å². The molecule has 1 aliphatic rings. The number of carboxylic acid groups (broad SMARTS) is 1. The second kappa shape index (κ2) is 8.29. The Morgan fingerprint density at radius 3 is 2.42 bits per heavy atom. The number of hydrogen-bond donors (Lipinski definition) is 1. The smallest absolute Gasteiger partial charge is 0.304 e. The maximum Gasteiger partial charge on any atom is 0.304 e. The molecule has 112 valence electrons. The second-order valence-electron chi connectivity index (χ2n) is 6.11. The number of rotatable bonds is 8. The molecule has 0 aromatic carbocycles. The first-order valence-electron chi connectivity index (χ1n) is 7.16. The molecule has 1 rings (SSSR count). The van der Waals surface area contributed by atoms with Gasteiger partial charge in [0, 0.05) is 31.1 Å². The summed E-state index contributed by atoms with van der Waals surface area (Å²) in [4.78, 5) is 13.3. The van der Waals surface area contributed by atoms with Crippen molar-refractivity contribution in [3.63, 3.8) is 0 Å². The van der Waals surface area contributed by atoms with Gasteiger partial charge >= 0.3 is 5.97 Å². The van der Waals surface area contributed by atoms with E-state index in [1.54, 1.807) is 0 Å². The quantitative estimate of drug-likeness (QED) is 0.695. The molecule has 0 unspecified atom stereocenters. The molecule has 1 N–H and O–H groups in total. The Bertz CT molecular complexity index is 278. The van der Waals surface area contributed by atoms with Gasteiger partial charge in [-0.1, -0.05) is 19.6 Å². The molecule has 1 heterocycles. The van der Waals surface area contributed by atoms with Gasteiger partial charge in [-0.2, -0.15) is 11.8 Å². The van der Waals surface area contributed by atoms with Crippen LogP contribution in [0.4, 0.5) is 0 Å². The van der Waals surface area contributed by atoms with Gasteiger partial charge in [0.25, 0.3) is 0 Å². The van der Waals surface area contributed by atoms with Crippen molar-refractivity contribution in [2.24, 2.45) is 0 Å². The fraction of sp³-hybridized carbons (Fsp3) is 0.923. The van der Waals surface area contributed by atoms with Gasteiger partial charge < -0.3 is 14.6 Å². The van der Waals surface area contributed by atoms with Crippen LogP contribution in [0, 0.1) is 0 Å². The largest absolute Gasteiger partial charge is 0.481 e. The molecular weight excluding hydrogens is 276 g/mol. The van der Waals surface area contributed by atoms with Crippen molar-refractivity contribution in [1.29, 1.82) is 0 Å². The van der Waals surface area contributed by atoms with Crippen molar-refractivity contribution >= 4 is 26.0 Å². The summed E-state index contributed by atoms with van der Waals surface area (Å²) in [6.07, 6.45) is 1.43. The molecule has 4 nitrogen and oxygen atoms in total. The first kappa shape index (κ1) is 17.0. The van der Waals surface area contributed by atoms with E-state index >= 15 is 0 Å². The van der Waals surface area contributed by atoms with Crippen LogP contribution in [-0.2, 0) is 4.79 Å². The third-order valence-corrected chi connectivity index (χ3v) is 6.84. The van der Waals surface area contributed by atoms with Crippen LogP contribution in [0.1, 0.15) is 12.8 Å². The van der Waals surface area contributed by atoms with Gasteiger partial charge in [-0.15, -0.1) is 0 Å². The maximum atomic E-state index is 10.7. The molecule has 19 heavy (non-hydrogen) atoms. The molecule has 0 saturated carbocycles. The normalized spacial score (nSPS) is 17.9. The van der Waals surface area contributed by atoms with E-state index in [9.17, 15) is 4.79 Å². The zero-order valence-electron chi connectivity index (χ0n) is 12.5. The minimum Gasteiger partial charge on any atom is -0.481 e. The van der Waals surface area contributed by atoms with Gasteiger partial charge in [-0.25, -0.2) is 0 Å². The van der Waals surface area contributed by atoms with Crippen LogP contribution in [0.15, 0.2) is 0 Å². The van der Waals surface area contributed by atoms with E-state index in [0.29, 0.717) is 6.54 Å². The zero-order valence-corrected chi connectivity index (χ0v) is 14.3. The Balaban J connectivity index is 2.29. The summed E-state index contributed by atoms with van der Waals surface area (Å²) in [5.74, 6) is 1.84.